The Labute approximate surface area is 123 Å². The van der Waals surface area contributed by atoms with Gasteiger partial charge in [0, 0.05) is 12.5 Å². The lowest BCUT2D eigenvalue weighted by Gasteiger charge is -2.15. The predicted molar refractivity (Wildman–Crippen MR) is 76.6 cm³/mol. The van der Waals surface area contributed by atoms with Crippen LogP contribution in [0.25, 0.3) is 6.08 Å². The molecule has 0 saturated carbocycles. The third-order valence-electron chi connectivity index (χ3n) is 2.58. The van der Waals surface area contributed by atoms with Gasteiger partial charge in [0.1, 0.15) is 0 Å². The predicted octanol–water partition coefficient (Wildman–Crippen LogP) is 2.48. The molecule has 0 bridgehead atoms. The topological polar surface area (TPSA) is 88.8 Å². The van der Waals surface area contributed by atoms with E-state index in [-0.39, 0.29) is 0 Å². The molecule has 0 amide bonds. The lowest BCUT2D eigenvalue weighted by atomic mass is 10.1. The number of aliphatic carboxylic acids is 1. The summed E-state index contributed by atoms with van der Waals surface area (Å²) in [5, 5.41) is 17.1. The highest BCUT2D eigenvalue weighted by molar-refractivity contribution is 5.85. The average Bonchev–Trinajstić information content (AvgIpc) is 2.49. The van der Waals surface area contributed by atoms with E-state index in [0.717, 1.165) is 6.08 Å². The van der Waals surface area contributed by atoms with E-state index in [4.69, 9.17) is 24.6 Å². The standard InChI is InChI=1S/C15H17NO5/c1-19-12-9-11(5-6-14(17)18)10-13(20-2)15(12)21-8-4-3-7-16/h5-6,9-10H,3-4,8H2,1-2H3,(H,17,18)/b6-5+. The van der Waals surface area contributed by atoms with Gasteiger partial charge in [0.15, 0.2) is 11.5 Å². The Morgan fingerprint density at radius 1 is 1.33 bits per heavy atom. The van der Waals surface area contributed by atoms with Crippen LogP contribution in [0.3, 0.4) is 0 Å². The molecule has 1 rings (SSSR count). The maximum Gasteiger partial charge on any atom is 0.328 e. The van der Waals surface area contributed by atoms with Crippen LogP contribution < -0.4 is 14.2 Å². The van der Waals surface area contributed by atoms with Gasteiger partial charge in [-0.1, -0.05) is 0 Å². The second-order valence-corrected chi connectivity index (χ2v) is 4.04. The summed E-state index contributed by atoms with van der Waals surface area (Å²) < 4.78 is 16.1. The van der Waals surface area contributed by atoms with E-state index in [1.807, 2.05) is 6.07 Å². The quantitative estimate of drug-likeness (QED) is 0.584. The first-order valence-electron chi connectivity index (χ1n) is 6.29. The number of methoxy groups -OCH3 is 2. The number of benzene rings is 1. The fourth-order valence-electron chi connectivity index (χ4n) is 1.63. The normalized spacial score (nSPS) is 10.1. The lowest BCUT2D eigenvalue weighted by molar-refractivity contribution is -0.131. The molecule has 0 fully saturated rings. The smallest absolute Gasteiger partial charge is 0.328 e. The van der Waals surface area contributed by atoms with Crippen LogP contribution in [0.15, 0.2) is 18.2 Å². The van der Waals surface area contributed by atoms with Gasteiger partial charge in [0.25, 0.3) is 0 Å². The number of nitriles is 1. The van der Waals surface area contributed by atoms with E-state index in [0.29, 0.717) is 42.3 Å². The van der Waals surface area contributed by atoms with E-state index < -0.39 is 5.97 Å². The molecule has 0 heterocycles. The van der Waals surface area contributed by atoms with Crippen LogP contribution in [-0.2, 0) is 4.79 Å². The van der Waals surface area contributed by atoms with Gasteiger partial charge in [-0.15, -0.1) is 0 Å². The largest absolute Gasteiger partial charge is 0.493 e. The minimum atomic E-state index is -1.04. The summed E-state index contributed by atoms with van der Waals surface area (Å²) in [6.07, 6.45) is 3.47. The molecule has 6 heteroatoms. The van der Waals surface area contributed by atoms with Gasteiger partial charge in [0.05, 0.1) is 26.9 Å². The van der Waals surface area contributed by atoms with Gasteiger partial charge in [-0.25, -0.2) is 4.79 Å². The van der Waals surface area contributed by atoms with Crippen LogP contribution in [0.1, 0.15) is 18.4 Å². The first kappa shape index (κ1) is 16.4. The fraction of sp³-hybridized carbons (Fsp3) is 0.333. The number of hydrogen-bond donors (Lipinski definition) is 1. The van der Waals surface area contributed by atoms with Gasteiger partial charge in [-0.2, -0.15) is 5.26 Å². The summed E-state index contributed by atoms with van der Waals surface area (Å²) in [6.45, 7) is 0.366. The Morgan fingerprint density at radius 2 is 1.95 bits per heavy atom. The number of carbonyl (C=O) groups is 1. The second-order valence-electron chi connectivity index (χ2n) is 4.04. The molecule has 6 nitrogen and oxygen atoms in total. The molecule has 0 atom stereocenters. The van der Waals surface area contributed by atoms with Gasteiger partial charge < -0.3 is 19.3 Å². The van der Waals surface area contributed by atoms with E-state index in [1.165, 1.54) is 20.3 Å². The molecule has 0 radical (unpaired) electrons. The van der Waals surface area contributed by atoms with Gasteiger partial charge in [-0.3, -0.25) is 0 Å². The van der Waals surface area contributed by atoms with Crippen molar-refractivity contribution in [1.29, 1.82) is 5.26 Å². The molecule has 0 unspecified atom stereocenters. The number of rotatable bonds is 8. The molecule has 21 heavy (non-hydrogen) atoms. The zero-order valence-electron chi connectivity index (χ0n) is 12.0. The maximum atomic E-state index is 10.6. The molecule has 0 aromatic heterocycles. The molecule has 0 saturated heterocycles. The van der Waals surface area contributed by atoms with Crippen molar-refractivity contribution in [1.82, 2.24) is 0 Å². The van der Waals surface area contributed by atoms with Crippen LogP contribution in [-0.4, -0.2) is 31.9 Å². The zero-order valence-corrected chi connectivity index (χ0v) is 12.0. The fourth-order valence-corrected chi connectivity index (χ4v) is 1.63. The second kappa shape index (κ2) is 8.48. The third-order valence-corrected chi connectivity index (χ3v) is 2.58. The summed E-state index contributed by atoms with van der Waals surface area (Å²) in [4.78, 5) is 10.6. The van der Waals surface area contributed by atoms with Crippen molar-refractivity contribution in [2.75, 3.05) is 20.8 Å². The van der Waals surface area contributed by atoms with Crippen molar-refractivity contribution in [2.45, 2.75) is 12.8 Å². The number of unbranched alkanes of at least 4 members (excludes halogenated alkanes) is 1. The van der Waals surface area contributed by atoms with Crippen molar-refractivity contribution in [3.8, 4) is 23.3 Å². The van der Waals surface area contributed by atoms with Crippen molar-refractivity contribution in [2.24, 2.45) is 0 Å². The molecule has 112 valence electrons. The highest BCUT2D eigenvalue weighted by Gasteiger charge is 2.13. The highest BCUT2D eigenvalue weighted by atomic mass is 16.5. The highest BCUT2D eigenvalue weighted by Crippen LogP contribution is 2.39. The van der Waals surface area contributed by atoms with Crippen molar-refractivity contribution < 1.29 is 24.1 Å². The summed E-state index contributed by atoms with van der Waals surface area (Å²) >= 11 is 0. The Hall–Kier alpha value is -2.68. The van der Waals surface area contributed by atoms with Crippen molar-refractivity contribution in [3.05, 3.63) is 23.8 Å². The first-order valence-corrected chi connectivity index (χ1v) is 6.29. The summed E-state index contributed by atoms with van der Waals surface area (Å²) in [5.74, 6) is 0.280. The van der Waals surface area contributed by atoms with Crippen LogP contribution >= 0.6 is 0 Å². The zero-order chi connectivity index (χ0) is 15.7. The molecule has 0 aliphatic carbocycles. The summed E-state index contributed by atoms with van der Waals surface area (Å²) in [6, 6.07) is 5.35. The van der Waals surface area contributed by atoms with E-state index in [1.54, 1.807) is 12.1 Å². The van der Waals surface area contributed by atoms with Crippen molar-refractivity contribution >= 4 is 12.0 Å². The van der Waals surface area contributed by atoms with Crippen LogP contribution in [0.4, 0.5) is 0 Å². The Balaban J connectivity index is 3.01. The average molecular weight is 291 g/mol. The molecule has 0 aliphatic heterocycles. The molecular weight excluding hydrogens is 274 g/mol. The number of carboxylic acid groups (broad SMARTS) is 1. The Kier molecular flexibility index (Phi) is 6.61. The molecule has 0 spiro atoms. The maximum absolute atomic E-state index is 10.6. The van der Waals surface area contributed by atoms with E-state index in [9.17, 15) is 4.79 Å². The lowest BCUT2D eigenvalue weighted by Crippen LogP contribution is -2.02. The third kappa shape index (κ3) is 5.07. The molecule has 1 N–H and O–H groups in total. The summed E-state index contributed by atoms with van der Waals surface area (Å²) in [7, 11) is 2.98. The van der Waals surface area contributed by atoms with Crippen LogP contribution in [0.5, 0.6) is 17.2 Å². The van der Waals surface area contributed by atoms with Gasteiger partial charge in [0.2, 0.25) is 5.75 Å². The number of hydrogen-bond acceptors (Lipinski definition) is 5. The van der Waals surface area contributed by atoms with Crippen LogP contribution in [0.2, 0.25) is 0 Å². The van der Waals surface area contributed by atoms with E-state index in [2.05, 4.69) is 0 Å². The SMILES string of the molecule is COc1cc(/C=C/C(=O)O)cc(OC)c1OCCCC#N. The summed E-state index contributed by atoms with van der Waals surface area (Å²) in [5.41, 5.74) is 0.621. The molecule has 1 aromatic rings. The minimum Gasteiger partial charge on any atom is -0.493 e. The van der Waals surface area contributed by atoms with Crippen molar-refractivity contribution in [3.63, 3.8) is 0 Å². The van der Waals surface area contributed by atoms with Gasteiger partial charge in [-0.05, 0) is 30.2 Å². The Morgan fingerprint density at radius 3 is 2.43 bits per heavy atom. The minimum absolute atomic E-state index is 0.366. The Bertz CT molecular complexity index is 535. The molecular formula is C15H17NO5. The molecule has 0 aliphatic rings. The number of carboxylic acids is 1. The number of nitrogens with zero attached hydrogens (tertiary/aromatic N) is 1. The van der Waals surface area contributed by atoms with E-state index >= 15 is 0 Å². The van der Waals surface area contributed by atoms with Crippen LogP contribution in [0, 0.1) is 11.3 Å². The van der Waals surface area contributed by atoms with Gasteiger partial charge >= 0.3 is 5.97 Å². The monoisotopic (exact) mass is 291 g/mol. The number of ether oxygens (including phenoxy) is 3. The molecule has 1 aromatic carbocycles. The first-order chi connectivity index (χ1) is 10.1.